The molecular weight excluding hydrogens is 524 g/mol. The summed E-state index contributed by atoms with van der Waals surface area (Å²) in [5.74, 6) is 1.32. The van der Waals surface area contributed by atoms with Gasteiger partial charge >= 0.3 is 0 Å². The predicted molar refractivity (Wildman–Crippen MR) is 165 cm³/mol. The number of nitrogens with two attached hydrogens (primary N) is 1. The highest BCUT2D eigenvalue weighted by Crippen LogP contribution is 2.32. The Hall–Kier alpha value is -4.83. The maximum Gasteiger partial charge on any atom is 0.225 e. The van der Waals surface area contributed by atoms with E-state index in [4.69, 9.17) is 10.8 Å². The third-order valence-corrected chi connectivity index (χ3v) is 8.07. The third kappa shape index (κ3) is 5.40. The Bertz CT molecular complexity index is 1790. The summed E-state index contributed by atoms with van der Waals surface area (Å²) >= 11 is 0. The summed E-state index contributed by atoms with van der Waals surface area (Å²) < 4.78 is 3.97. The molecule has 2 N–H and O–H groups in total. The Balaban J connectivity index is 1.03. The number of benzene rings is 2. The van der Waals surface area contributed by atoms with E-state index < -0.39 is 0 Å². The van der Waals surface area contributed by atoms with Crippen LogP contribution >= 0.6 is 0 Å². The fourth-order valence-electron chi connectivity index (χ4n) is 5.88. The van der Waals surface area contributed by atoms with Gasteiger partial charge in [-0.25, -0.2) is 19.5 Å². The third-order valence-electron chi connectivity index (χ3n) is 8.07. The number of hydrogen-bond acceptors (Lipinski definition) is 8. The highest BCUT2D eigenvalue weighted by atomic mass is 15.3. The molecule has 0 saturated carbocycles. The Morgan fingerprint density at radius 2 is 1.67 bits per heavy atom. The molecule has 1 saturated heterocycles. The first-order chi connectivity index (χ1) is 20.7. The van der Waals surface area contributed by atoms with E-state index in [9.17, 15) is 0 Å². The summed E-state index contributed by atoms with van der Waals surface area (Å²) in [7, 11) is 0. The topological polar surface area (TPSA) is 106 Å². The van der Waals surface area contributed by atoms with E-state index in [0.29, 0.717) is 5.82 Å². The lowest BCUT2D eigenvalue weighted by Gasteiger charge is -2.34. The van der Waals surface area contributed by atoms with E-state index in [1.807, 2.05) is 33.7 Å². The van der Waals surface area contributed by atoms with Gasteiger partial charge in [0.1, 0.15) is 11.8 Å². The summed E-state index contributed by atoms with van der Waals surface area (Å²) in [6, 6.07) is 20.9. The number of piperazine rings is 1. The predicted octanol–water partition coefficient (Wildman–Crippen LogP) is 4.31. The van der Waals surface area contributed by atoms with Crippen LogP contribution in [-0.4, -0.2) is 72.0 Å². The standard InChI is InChI=1S/C32H34N10/c33-31-30-28(25-10-11-26-22-41(38-29(26)19-25)21-24-7-2-1-3-8-24)20-27(42(30)37-23-36-31)9-4-5-14-39-15-17-40(18-16-39)32-34-12-6-13-35-32/h1-3,6-8,10-13,19-20,22-23H,4-5,9,14-18,21H2,(H2,33,36,37). The van der Waals surface area contributed by atoms with Crippen molar-refractivity contribution >= 4 is 28.2 Å². The molecule has 0 aliphatic carbocycles. The van der Waals surface area contributed by atoms with Crippen molar-refractivity contribution in [3.05, 3.63) is 96.8 Å². The highest BCUT2D eigenvalue weighted by Gasteiger charge is 2.19. The smallest absolute Gasteiger partial charge is 0.225 e. The largest absolute Gasteiger partial charge is 0.382 e. The Morgan fingerprint density at radius 1 is 0.833 bits per heavy atom. The number of nitrogens with zero attached hydrogens (tertiary/aromatic N) is 9. The molecule has 2 aromatic carbocycles. The van der Waals surface area contributed by atoms with Gasteiger partial charge in [0.25, 0.3) is 0 Å². The summed E-state index contributed by atoms with van der Waals surface area (Å²) in [5.41, 5.74) is 12.7. The zero-order valence-corrected chi connectivity index (χ0v) is 23.5. The highest BCUT2D eigenvalue weighted by molar-refractivity contribution is 5.92. The monoisotopic (exact) mass is 558 g/mol. The van der Waals surface area contributed by atoms with Gasteiger partial charge in [-0.1, -0.05) is 42.5 Å². The van der Waals surface area contributed by atoms with Crippen LogP contribution in [0.4, 0.5) is 11.8 Å². The summed E-state index contributed by atoms with van der Waals surface area (Å²) in [5, 5.41) is 10.6. The SMILES string of the molecule is Nc1ncnn2c(CCCCN3CCN(c4ncccn4)CC3)cc(-c3ccc4cn(Cc5ccccc5)nc4c3)c12. The molecule has 0 spiro atoms. The van der Waals surface area contributed by atoms with Gasteiger partial charge in [0, 0.05) is 61.4 Å². The molecule has 10 heteroatoms. The molecule has 1 aliphatic heterocycles. The van der Waals surface area contributed by atoms with Gasteiger partial charge < -0.3 is 10.6 Å². The van der Waals surface area contributed by atoms with Gasteiger partial charge in [0.15, 0.2) is 5.82 Å². The molecule has 212 valence electrons. The first kappa shape index (κ1) is 26.1. The maximum atomic E-state index is 6.40. The number of rotatable bonds is 9. The van der Waals surface area contributed by atoms with Gasteiger partial charge in [0.2, 0.25) is 5.95 Å². The number of hydrogen-bond donors (Lipinski definition) is 1. The van der Waals surface area contributed by atoms with Crippen LogP contribution < -0.4 is 10.6 Å². The van der Waals surface area contributed by atoms with E-state index in [-0.39, 0.29) is 0 Å². The molecule has 5 heterocycles. The van der Waals surface area contributed by atoms with Crippen LogP contribution in [-0.2, 0) is 13.0 Å². The van der Waals surface area contributed by atoms with Crippen LogP contribution in [0, 0.1) is 0 Å². The second-order valence-electron chi connectivity index (χ2n) is 10.9. The molecule has 42 heavy (non-hydrogen) atoms. The Labute approximate surface area is 244 Å². The second-order valence-corrected chi connectivity index (χ2v) is 10.9. The fourth-order valence-corrected chi connectivity index (χ4v) is 5.88. The van der Waals surface area contributed by atoms with Crippen molar-refractivity contribution in [3.8, 4) is 11.1 Å². The van der Waals surface area contributed by atoms with E-state index in [1.165, 1.54) is 5.56 Å². The van der Waals surface area contributed by atoms with E-state index >= 15 is 0 Å². The number of nitrogen functional groups attached to an aromatic ring is 1. The molecule has 4 aromatic heterocycles. The van der Waals surface area contributed by atoms with E-state index in [2.05, 4.69) is 84.6 Å². The number of anilines is 2. The summed E-state index contributed by atoms with van der Waals surface area (Å²) in [6.45, 7) is 5.80. The lowest BCUT2D eigenvalue weighted by molar-refractivity contribution is 0.252. The van der Waals surface area contributed by atoms with Crippen molar-refractivity contribution in [1.82, 2.24) is 39.2 Å². The van der Waals surface area contributed by atoms with Gasteiger partial charge in [-0.3, -0.25) is 9.58 Å². The lowest BCUT2D eigenvalue weighted by Crippen LogP contribution is -2.47. The molecule has 1 fully saturated rings. The van der Waals surface area contributed by atoms with Crippen LogP contribution in [0.5, 0.6) is 0 Å². The van der Waals surface area contributed by atoms with Crippen LogP contribution in [0.15, 0.2) is 85.6 Å². The minimum Gasteiger partial charge on any atom is -0.382 e. The van der Waals surface area contributed by atoms with Gasteiger partial charge in [0.05, 0.1) is 12.1 Å². The first-order valence-electron chi connectivity index (χ1n) is 14.6. The van der Waals surface area contributed by atoms with Crippen molar-refractivity contribution in [1.29, 1.82) is 0 Å². The zero-order chi connectivity index (χ0) is 28.3. The molecule has 7 rings (SSSR count). The normalized spacial score (nSPS) is 14.2. The molecule has 0 bridgehead atoms. The van der Waals surface area contributed by atoms with Gasteiger partial charge in [-0.2, -0.15) is 10.2 Å². The van der Waals surface area contributed by atoms with Crippen molar-refractivity contribution in [2.75, 3.05) is 43.4 Å². The maximum absolute atomic E-state index is 6.40. The molecular formula is C32H34N10. The second kappa shape index (κ2) is 11.6. The Morgan fingerprint density at radius 3 is 2.50 bits per heavy atom. The lowest BCUT2D eigenvalue weighted by atomic mass is 10.0. The number of unbranched alkanes of at least 4 members (excludes halogenated alkanes) is 1. The average molecular weight is 559 g/mol. The van der Waals surface area contributed by atoms with Crippen LogP contribution in [0.25, 0.3) is 27.5 Å². The van der Waals surface area contributed by atoms with Gasteiger partial charge in [-0.15, -0.1) is 0 Å². The number of aromatic nitrogens is 7. The molecule has 0 unspecified atom stereocenters. The molecule has 10 nitrogen and oxygen atoms in total. The molecule has 0 atom stereocenters. The minimum absolute atomic E-state index is 0.487. The zero-order valence-electron chi connectivity index (χ0n) is 23.5. The first-order valence-corrected chi connectivity index (χ1v) is 14.6. The van der Waals surface area contributed by atoms with Crippen molar-refractivity contribution < 1.29 is 0 Å². The van der Waals surface area contributed by atoms with E-state index in [1.54, 1.807) is 6.33 Å². The van der Waals surface area contributed by atoms with Crippen LogP contribution in [0.3, 0.4) is 0 Å². The van der Waals surface area contributed by atoms with Gasteiger partial charge in [-0.05, 0) is 55.1 Å². The Kier molecular flexibility index (Phi) is 7.19. The minimum atomic E-state index is 0.487. The number of aryl methyl sites for hydroxylation is 1. The van der Waals surface area contributed by atoms with Crippen LogP contribution in [0.1, 0.15) is 24.1 Å². The van der Waals surface area contributed by atoms with E-state index in [0.717, 1.165) is 97.7 Å². The molecule has 6 aromatic rings. The quantitative estimate of drug-likeness (QED) is 0.262. The van der Waals surface area contributed by atoms with Crippen LogP contribution in [0.2, 0.25) is 0 Å². The molecule has 1 aliphatic rings. The molecule has 0 radical (unpaired) electrons. The summed E-state index contributed by atoms with van der Waals surface area (Å²) in [6.07, 6.45) is 10.4. The van der Waals surface area contributed by atoms with Crippen molar-refractivity contribution in [3.63, 3.8) is 0 Å². The van der Waals surface area contributed by atoms with Crippen molar-refractivity contribution in [2.24, 2.45) is 0 Å². The summed E-state index contributed by atoms with van der Waals surface area (Å²) in [4.78, 5) is 17.9. The fraction of sp³-hybridized carbons (Fsp3) is 0.281. The molecule has 0 amide bonds. The number of fused-ring (bicyclic) bond motifs is 2. The van der Waals surface area contributed by atoms with Crippen molar-refractivity contribution in [2.45, 2.75) is 25.8 Å². The average Bonchev–Trinajstić information content (AvgIpc) is 3.62.